The molecular weight excluding hydrogens is 432 g/mol. The molecule has 196 valence electrons. The Morgan fingerprint density at radius 3 is 2.29 bits per heavy atom. The summed E-state index contributed by atoms with van der Waals surface area (Å²) in [6.07, 6.45) is -0.751. The van der Waals surface area contributed by atoms with Gasteiger partial charge in [-0.15, -0.1) is 0 Å². The van der Waals surface area contributed by atoms with Crippen molar-refractivity contribution in [3.63, 3.8) is 0 Å². The van der Waals surface area contributed by atoms with Gasteiger partial charge in [-0.1, -0.05) is 41.5 Å². The molecule has 1 heterocycles. The number of aliphatic hydroxyl groups excluding tert-OH is 3. The summed E-state index contributed by atoms with van der Waals surface area (Å²) in [4.78, 5) is 13.1. The van der Waals surface area contributed by atoms with E-state index < -0.39 is 35.7 Å². The summed E-state index contributed by atoms with van der Waals surface area (Å²) in [6, 6.07) is 0. The zero-order chi connectivity index (χ0) is 26.1. The average molecular weight is 482 g/mol. The van der Waals surface area contributed by atoms with Crippen LogP contribution in [0.4, 0.5) is 0 Å². The van der Waals surface area contributed by atoms with Gasteiger partial charge in [0.2, 0.25) is 0 Å². The lowest BCUT2D eigenvalue weighted by Gasteiger charge is -2.56. The van der Waals surface area contributed by atoms with E-state index in [1.54, 1.807) is 0 Å². The topological polar surface area (TPSA) is 107 Å². The third-order valence-corrected chi connectivity index (χ3v) is 11.4. The molecule has 0 aromatic heterocycles. The molecule has 1 saturated heterocycles. The fourth-order valence-electron chi connectivity index (χ4n) is 8.79. The first kappa shape index (κ1) is 25.0. The Bertz CT molecular complexity index is 802. The van der Waals surface area contributed by atoms with Gasteiger partial charge in [0.25, 0.3) is 0 Å². The second-order valence-corrected chi connectivity index (χ2v) is 13.2. The van der Waals surface area contributed by atoms with E-state index in [1.165, 1.54) is 0 Å². The van der Waals surface area contributed by atoms with Crippen LogP contribution in [0.5, 0.6) is 0 Å². The lowest BCUT2D eigenvalue weighted by molar-refractivity contribution is -0.162. The smallest absolute Gasteiger partial charge is 0.309 e. The third kappa shape index (κ3) is 4.05. The number of hydrogen-bond acceptors (Lipinski definition) is 6. The Balaban J connectivity index is 1.59. The van der Waals surface area contributed by atoms with Crippen molar-refractivity contribution < 1.29 is 31.3 Å². The number of hydrogen-bond donors (Lipinski definition) is 4. The van der Waals surface area contributed by atoms with Crippen LogP contribution in [0.1, 0.15) is 81.4 Å². The summed E-state index contributed by atoms with van der Waals surface area (Å²) < 4.78 is 14.0. The van der Waals surface area contributed by atoms with Crippen LogP contribution in [0.3, 0.4) is 0 Å². The minimum absolute atomic E-state index is 0.0137. The number of carbonyl (C=O) groups excluding carboxylic acids is 1. The number of rotatable bonds is 5. The second-order valence-electron chi connectivity index (χ2n) is 13.2. The molecule has 4 fully saturated rings. The number of aliphatic hydroxyl groups is 4. The number of ether oxygens (including phenoxy) is 1. The van der Waals surface area contributed by atoms with E-state index in [4.69, 9.17) is 6.11 Å². The van der Waals surface area contributed by atoms with Gasteiger partial charge in [-0.2, -0.15) is 0 Å². The van der Waals surface area contributed by atoms with E-state index >= 15 is 0 Å². The highest BCUT2D eigenvalue weighted by Crippen LogP contribution is 2.66. The molecule has 3 saturated carbocycles. The van der Waals surface area contributed by atoms with Crippen LogP contribution >= 0.6 is 0 Å². The highest BCUT2D eigenvalue weighted by molar-refractivity contribution is 5.74. The summed E-state index contributed by atoms with van der Waals surface area (Å²) >= 11 is 0. The Morgan fingerprint density at radius 1 is 1.00 bits per heavy atom. The van der Waals surface area contributed by atoms with Gasteiger partial charge in [-0.3, -0.25) is 4.79 Å². The standard InChI is InChI=1S/C28H48O6/c1-14(2)15(3)24(31)25(32)16(4)18-7-8-19-17-13-34-26(33)21-11-22(29)23(30)12-28(21,6)20(17)9-10-27(18,19)5/h14-25,29-32H,7-13H2,1-6H3/t15-,16+,17+,18-,19+,20+,21-,22+,23-,24-,25-,27-,28-/m1/s1/i22D. The summed E-state index contributed by atoms with van der Waals surface area (Å²) in [5.41, 5.74) is -0.535. The summed E-state index contributed by atoms with van der Waals surface area (Å²) in [6.45, 7) is 13.0. The van der Waals surface area contributed by atoms with Crippen molar-refractivity contribution in [2.24, 2.45) is 58.2 Å². The van der Waals surface area contributed by atoms with Crippen LogP contribution < -0.4 is 0 Å². The van der Waals surface area contributed by atoms with Gasteiger partial charge in [0.05, 0.1) is 38.3 Å². The lowest BCUT2D eigenvalue weighted by atomic mass is 9.48. The lowest BCUT2D eigenvalue weighted by Crippen LogP contribution is -2.55. The van der Waals surface area contributed by atoms with E-state index in [0.29, 0.717) is 12.5 Å². The SMILES string of the molecule is [2H][C@]1(O)C[C@@H]2C(=O)OC[C@@H]3[C@H](CC[C@]4(C)[C@@H]([C@H](C)[C@@H](O)[C@H](O)[C@H](C)C(C)C)CC[C@@H]34)[C@@]2(C)C[C@H]1O. The number of cyclic esters (lactones) is 1. The number of fused-ring (bicyclic) bond motifs is 5. The summed E-state index contributed by atoms with van der Waals surface area (Å²) in [7, 11) is 0. The zero-order valence-corrected chi connectivity index (χ0v) is 21.9. The molecule has 0 bridgehead atoms. The minimum Gasteiger partial charge on any atom is -0.465 e. The van der Waals surface area contributed by atoms with Crippen molar-refractivity contribution in [3.05, 3.63) is 0 Å². The van der Waals surface area contributed by atoms with Crippen molar-refractivity contribution in [1.29, 1.82) is 0 Å². The molecule has 4 rings (SSSR count). The maximum Gasteiger partial charge on any atom is 0.309 e. The molecule has 1 aliphatic heterocycles. The first-order chi connectivity index (χ1) is 16.1. The van der Waals surface area contributed by atoms with Crippen molar-refractivity contribution in [3.8, 4) is 0 Å². The predicted octanol–water partition coefficient (Wildman–Crippen LogP) is 3.39. The molecular formula is C28H48O6. The van der Waals surface area contributed by atoms with Gasteiger partial charge < -0.3 is 25.2 Å². The molecule has 0 aromatic carbocycles. The van der Waals surface area contributed by atoms with Gasteiger partial charge in [-0.25, -0.2) is 0 Å². The van der Waals surface area contributed by atoms with Gasteiger partial charge >= 0.3 is 5.97 Å². The molecule has 0 radical (unpaired) electrons. The van der Waals surface area contributed by atoms with Gasteiger partial charge in [0, 0.05) is 0 Å². The van der Waals surface area contributed by atoms with Crippen LogP contribution in [0.2, 0.25) is 0 Å². The van der Waals surface area contributed by atoms with Crippen molar-refractivity contribution in [1.82, 2.24) is 0 Å². The normalized spacial score (nSPS) is 50.7. The van der Waals surface area contributed by atoms with E-state index in [-0.39, 0.29) is 59.7 Å². The molecule has 4 aliphatic rings. The van der Waals surface area contributed by atoms with Crippen LogP contribution in [-0.2, 0) is 9.53 Å². The Morgan fingerprint density at radius 2 is 1.65 bits per heavy atom. The maximum atomic E-state index is 13.1. The molecule has 0 unspecified atom stereocenters. The second kappa shape index (κ2) is 9.32. The largest absolute Gasteiger partial charge is 0.465 e. The molecule has 6 heteroatoms. The molecule has 0 aromatic rings. The highest BCUT2D eigenvalue weighted by atomic mass is 16.5. The molecule has 34 heavy (non-hydrogen) atoms. The molecule has 4 N–H and O–H groups in total. The van der Waals surface area contributed by atoms with Gasteiger partial charge in [-0.05, 0) is 90.8 Å². The monoisotopic (exact) mass is 481 g/mol. The summed E-state index contributed by atoms with van der Waals surface area (Å²) in [5.74, 6) is 0.274. The first-order valence-electron chi connectivity index (χ1n) is 14.1. The Kier molecular flexibility index (Phi) is 6.84. The van der Waals surface area contributed by atoms with E-state index in [9.17, 15) is 25.2 Å². The average Bonchev–Trinajstić information content (AvgIpc) is 3.10. The van der Waals surface area contributed by atoms with Gasteiger partial charge in [0.15, 0.2) is 0 Å². The predicted molar refractivity (Wildman–Crippen MR) is 130 cm³/mol. The zero-order valence-electron chi connectivity index (χ0n) is 22.9. The first-order valence-corrected chi connectivity index (χ1v) is 13.6. The quantitative estimate of drug-likeness (QED) is 0.449. The molecule has 13 atom stereocenters. The summed E-state index contributed by atoms with van der Waals surface area (Å²) in [5, 5.41) is 43.1. The molecule has 3 aliphatic carbocycles. The van der Waals surface area contributed by atoms with Crippen LogP contribution in [0.15, 0.2) is 0 Å². The van der Waals surface area contributed by atoms with Crippen molar-refractivity contribution in [2.75, 3.05) is 6.61 Å². The molecule has 0 amide bonds. The van der Waals surface area contributed by atoms with E-state index in [1.807, 2.05) is 6.92 Å². The number of carbonyl (C=O) groups is 1. The fourth-order valence-corrected chi connectivity index (χ4v) is 8.79. The molecule has 6 nitrogen and oxygen atoms in total. The third-order valence-electron chi connectivity index (χ3n) is 11.4. The highest BCUT2D eigenvalue weighted by Gasteiger charge is 2.63. The van der Waals surface area contributed by atoms with Crippen LogP contribution in [-0.4, -0.2) is 57.4 Å². The minimum atomic E-state index is -2.02. The molecule has 0 spiro atoms. The van der Waals surface area contributed by atoms with Crippen LogP contribution in [0.25, 0.3) is 0 Å². The Labute approximate surface area is 206 Å². The van der Waals surface area contributed by atoms with Crippen molar-refractivity contribution >= 4 is 5.97 Å². The van der Waals surface area contributed by atoms with E-state index in [2.05, 4.69) is 34.6 Å². The fraction of sp³-hybridized carbons (Fsp3) is 0.964. The van der Waals surface area contributed by atoms with Gasteiger partial charge in [0.1, 0.15) is 0 Å². The Hall–Kier alpha value is -0.690. The van der Waals surface area contributed by atoms with Crippen molar-refractivity contribution in [2.45, 2.75) is 104 Å². The van der Waals surface area contributed by atoms with Crippen LogP contribution in [0, 0.1) is 58.2 Å². The maximum absolute atomic E-state index is 13.1. The van der Waals surface area contributed by atoms with E-state index in [0.717, 1.165) is 25.7 Å². The number of esters is 1.